The van der Waals surface area contributed by atoms with E-state index in [0.29, 0.717) is 0 Å². The molecule has 0 aromatic rings. The van der Waals surface area contributed by atoms with Crippen LogP contribution in [-0.2, 0) is 57.2 Å². The normalized spacial score (nSPS) is 14.8. The predicted molar refractivity (Wildman–Crippen MR) is 106 cm³/mol. The Labute approximate surface area is 194 Å². The highest BCUT2D eigenvalue weighted by Gasteiger charge is 2.49. The third-order valence-electron chi connectivity index (χ3n) is 3.70. The average Bonchev–Trinajstić information content (AvgIpc) is 2.64. The van der Waals surface area contributed by atoms with Crippen LogP contribution < -0.4 is 0 Å². The van der Waals surface area contributed by atoms with Gasteiger partial charge < -0.3 is 28.4 Å². The summed E-state index contributed by atoms with van der Waals surface area (Å²) >= 11 is 0. The predicted octanol–water partition coefficient (Wildman–Crippen LogP) is -0.515. The molecule has 0 N–H and O–H groups in total. The summed E-state index contributed by atoms with van der Waals surface area (Å²) in [7, 11) is 0. The Bertz CT molecular complexity index is 778. The molecule has 0 aromatic carbocycles. The van der Waals surface area contributed by atoms with E-state index in [2.05, 4.69) is 0 Å². The van der Waals surface area contributed by atoms with E-state index in [1.165, 1.54) is 0 Å². The molecule has 0 radical (unpaired) electrons. The van der Waals surface area contributed by atoms with E-state index < -0.39 is 84.4 Å². The molecule has 0 heterocycles. The Kier molecular flexibility index (Phi) is 12.8. The fourth-order valence-electron chi connectivity index (χ4n) is 2.78. The Morgan fingerprint density at radius 1 is 0.588 bits per heavy atom. The van der Waals surface area contributed by atoms with Crippen LogP contribution in [-0.4, -0.2) is 84.4 Å². The molecule has 0 rings (SSSR count). The SMILES string of the molecule is CC(=O)OC[C@@H](OC(C)=O)[C@@H](OC(C)=O)[C@@H](OC(C)=O)[C@@H](OC(C)=O)[C@H](C[N+](=O)[O-])OC(C)=O. The van der Waals surface area contributed by atoms with Crippen LogP contribution in [0.25, 0.3) is 0 Å². The maximum Gasteiger partial charge on any atom is 0.303 e. The fraction of sp³-hybridized carbons (Fsp3) is 0.684. The number of nitrogens with zero attached hydrogens (tertiary/aromatic N) is 1. The summed E-state index contributed by atoms with van der Waals surface area (Å²) in [4.78, 5) is 80.3. The second-order valence-electron chi connectivity index (χ2n) is 6.84. The summed E-state index contributed by atoms with van der Waals surface area (Å²) in [6.45, 7) is 3.90. The molecule has 5 atom stereocenters. The van der Waals surface area contributed by atoms with Crippen molar-refractivity contribution in [2.45, 2.75) is 72.1 Å². The van der Waals surface area contributed by atoms with Crippen LogP contribution in [0, 0.1) is 10.1 Å². The van der Waals surface area contributed by atoms with Crippen molar-refractivity contribution in [3.63, 3.8) is 0 Å². The second-order valence-corrected chi connectivity index (χ2v) is 6.84. The van der Waals surface area contributed by atoms with Gasteiger partial charge in [0.15, 0.2) is 24.4 Å². The third-order valence-corrected chi connectivity index (χ3v) is 3.70. The number of ether oxygens (including phenoxy) is 6. The molecule has 0 spiro atoms. The zero-order chi connectivity index (χ0) is 26.6. The number of hydrogen-bond acceptors (Lipinski definition) is 14. The quantitative estimate of drug-likeness (QED) is 0.137. The largest absolute Gasteiger partial charge is 0.462 e. The van der Waals surface area contributed by atoms with Gasteiger partial charge in [0.05, 0.1) is 0 Å². The van der Waals surface area contributed by atoms with Gasteiger partial charge >= 0.3 is 35.8 Å². The van der Waals surface area contributed by atoms with Crippen molar-refractivity contribution in [3.05, 3.63) is 10.1 Å². The summed E-state index contributed by atoms with van der Waals surface area (Å²) in [5, 5.41) is 11.2. The minimum absolute atomic E-state index is 0.703. The lowest BCUT2D eigenvalue weighted by Gasteiger charge is -2.36. The molecule has 0 amide bonds. The number of nitro groups is 1. The van der Waals surface area contributed by atoms with Crippen LogP contribution in [0.2, 0.25) is 0 Å². The van der Waals surface area contributed by atoms with Crippen molar-refractivity contribution in [2.24, 2.45) is 0 Å². The van der Waals surface area contributed by atoms with Gasteiger partial charge in [-0.2, -0.15) is 0 Å². The highest BCUT2D eigenvalue weighted by Crippen LogP contribution is 2.23. The molecule has 0 bridgehead atoms. The standard InChI is InChI=1S/C19H27NO14/c1-9(21)29-8-16(31-11(3)23)18(33-13(5)25)19(34-14(6)26)17(32-12(4)24)15(7-20(27)28)30-10(2)22/h15-19H,7-8H2,1-6H3/t15-,16+,17-,18+,19-/m0/s1. The van der Waals surface area contributed by atoms with Crippen molar-refractivity contribution >= 4 is 35.8 Å². The third kappa shape index (κ3) is 12.3. The first-order valence-corrected chi connectivity index (χ1v) is 9.75. The number of hydrogen-bond donors (Lipinski definition) is 0. The summed E-state index contributed by atoms with van der Waals surface area (Å²) in [6, 6.07) is 0. The van der Waals surface area contributed by atoms with Crippen LogP contribution in [0.1, 0.15) is 41.5 Å². The molecule has 15 nitrogen and oxygen atoms in total. The number of carbonyl (C=O) groups excluding carboxylic acids is 6. The lowest BCUT2D eigenvalue weighted by Crippen LogP contribution is -2.57. The van der Waals surface area contributed by atoms with Crippen LogP contribution in [0.4, 0.5) is 0 Å². The number of esters is 6. The first kappa shape index (κ1) is 30.2. The summed E-state index contributed by atoms with van der Waals surface area (Å²) in [5.41, 5.74) is 0. The van der Waals surface area contributed by atoms with Crippen molar-refractivity contribution < 1.29 is 62.1 Å². The summed E-state index contributed by atoms with van der Waals surface area (Å²) in [5.74, 6) is -5.82. The highest BCUT2D eigenvalue weighted by atomic mass is 16.7. The Balaban J connectivity index is 6.76. The van der Waals surface area contributed by atoms with Crippen LogP contribution in [0.15, 0.2) is 0 Å². The minimum atomic E-state index is -1.91. The van der Waals surface area contributed by atoms with Gasteiger partial charge in [-0.1, -0.05) is 0 Å². The average molecular weight is 493 g/mol. The maximum atomic E-state index is 11.9. The van der Waals surface area contributed by atoms with Crippen molar-refractivity contribution in [1.82, 2.24) is 0 Å². The molecule has 0 aromatic heterocycles. The zero-order valence-electron chi connectivity index (χ0n) is 19.5. The van der Waals surface area contributed by atoms with Gasteiger partial charge in [-0.05, 0) is 0 Å². The topological polar surface area (TPSA) is 201 Å². The van der Waals surface area contributed by atoms with Gasteiger partial charge in [-0.3, -0.25) is 38.9 Å². The molecule has 0 saturated heterocycles. The van der Waals surface area contributed by atoms with E-state index in [1.54, 1.807) is 0 Å². The van der Waals surface area contributed by atoms with E-state index >= 15 is 0 Å². The van der Waals surface area contributed by atoms with E-state index in [4.69, 9.17) is 28.4 Å². The maximum absolute atomic E-state index is 11.9. The molecule has 0 aliphatic rings. The smallest absolute Gasteiger partial charge is 0.303 e. The lowest BCUT2D eigenvalue weighted by molar-refractivity contribution is -0.493. The van der Waals surface area contributed by atoms with E-state index in [-0.39, 0.29) is 0 Å². The molecule has 0 fully saturated rings. The van der Waals surface area contributed by atoms with E-state index in [9.17, 15) is 38.9 Å². The molecule has 192 valence electrons. The van der Waals surface area contributed by atoms with Crippen LogP contribution >= 0.6 is 0 Å². The molecule has 0 unspecified atom stereocenters. The van der Waals surface area contributed by atoms with Crippen molar-refractivity contribution in [2.75, 3.05) is 13.2 Å². The van der Waals surface area contributed by atoms with Crippen molar-refractivity contribution in [1.29, 1.82) is 0 Å². The second kappa shape index (κ2) is 14.4. The molecule has 15 heteroatoms. The highest BCUT2D eigenvalue weighted by molar-refractivity contribution is 5.70. The van der Waals surface area contributed by atoms with Gasteiger partial charge in [0.1, 0.15) is 6.61 Å². The lowest BCUT2D eigenvalue weighted by atomic mass is 9.97. The zero-order valence-corrected chi connectivity index (χ0v) is 19.5. The molecule has 0 saturated carbocycles. The van der Waals surface area contributed by atoms with Crippen LogP contribution in [0.3, 0.4) is 0 Å². The van der Waals surface area contributed by atoms with Crippen LogP contribution in [0.5, 0.6) is 0 Å². The van der Waals surface area contributed by atoms with Gasteiger partial charge in [0.25, 0.3) is 0 Å². The summed E-state index contributed by atoms with van der Waals surface area (Å²) in [6.07, 6.45) is -9.09. The van der Waals surface area contributed by atoms with Gasteiger partial charge in [0.2, 0.25) is 12.6 Å². The Morgan fingerprint density at radius 3 is 1.29 bits per heavy atom. The van der Waals surface area contributed by atoms with E-state index in [1.807, 2.05) is 0 Å². The first-order valence-electron chi connectivity index (χ1n) is 9.75. The Hall–Kier alpha value is -3.78. The van der Waals surface area contributed by atoms with Gasteiger partial charge in [-0.25, -0.2) is 0 Å². The molecule has 0 aliphatic carbocycles. The fourth-order valence-corrected chi connectivity index (χ4v) is 2.78. The molecular weight excluding hydrogens is 466 g/mol. The molecule has 34 heavy (non-hydrogen) atoms. The monoisotopic (exact) mass is 493 g/mol. The van der Waals surface area contributed by atoms with Gasteiger partial charge in [0, 0.05) is 46.5 Å². The Morgan fingerprint density at radius 2 is 0.941 bits per heavy atom. The number of rotatable bonds is 13. The molecular formula is C19H27NO14. The van der Waals surface area contributed by atoms with E-state index in [0.717, 1.165) is 41.5 Å². The number of carbonyl (C=O) groups is 6. The molecule has 0 aliphatic heterocycles. The summed E-state index contributed by atoms with van der Waals surface area (Å²) < 4.78 is 30.2. The van der Waals surface area contributed by atoms with Gasteiger partial charge in [-0.15, -0.1) is 0 Å². The minimum Gasteiger partial charge on any atom is -0.462 e. The van der Waals surface area contributed by atoms with Crippen molar-refractivity contribution in [3.8, 4) is 0 Å². The first-order chi connectivity index (χ1) is 15.6.